The number of rotatable bonds is 0. The predicted octanol–water partition coefficient (Wildman–Crippen LogP) is 1.51. The number of fused-ring (bicyclic) bond motifs is 3. The molecule has 1 fully saturated rings. The first kappa shape index (κ1) is 7.51. The lowest BCUT2D eigenvalue weighted by molar-refractivity contribution is 0.400. The summed E-state index contributed by atoms with van der Waals surface area (Å²) < 4.78 is 0. The Hall–Kier alpha value is -0.890. The second-order valence-corrected chi connectivity index (χ2v) is 4.10. The summed E-state index contributed by atoms with van der Waals surface area (Å²) in [7, 11) is 0. The van der Waals surface area contributed by atoms with Crippen molar-refractivity contribution in [1.82, 2.24) is 5.32 Å². The average Bonchev–Trinajstić information content (AvgIpc) is 2.56. The molecule has 2 heterocycles. The van der Waals surface area contributed by atoms with Crippen molar-refractivity contribution in [1.29, 1.82) is 0 Å². The zero-order valence-corrected chi connectivity index (χ0v) is 7.56. The molecule has 4 unspecified atom stereocenters. The van der Waals surface area contributed by atoms with E-state index in [4.69, 9.17) is 0 Å². The molecule has 0 saturated carbocycles. The normalized spacial score (nSPS) is 46.2. The Kier molecular flexibility index (Phi) is 1.62. The molecule has 3 aliphatic rings. The Bertz CT molecular complexity index is 290. The zero-order chi connectivity index (χ0) is 8.67. The van der Waals surface area contributed by atoms with Crippen molar-refractivity contribution in [3.05, 3.63) is 24.4 Å². The molecule has 3 rings (SSSR count). The van der Waals surface area contributed by atoms with Crippen LogP contribution in [-0.2, 0) is 0 Å². The lowest BCUT2D eigenvalue weighted by Crippen LogP contribution is -2.32. The van der Waals surface area contributed by atoms with E-state index in [1.54, 1.807) is 0 Å². The minimum atomic E-state index is 0.489. The predicted molar refractivity (Wildman–Crippen MR) is 53.7 cm³/mol. The van der Waals surface area contributed by atoms with Crippen molar-refractivity contribution in [2.45, 2.75) is 24.9 Å². The molecule has 2 heteroatoms. The third-order valence-corrected chi connectivity index (χ3v) is 3.41. The summed E-state index contributed by atoms with van der Waals surface area (Å²) in [5.74, 6) is 1.49. The van der Waals surface area contributed by atoms with Gasteiger partial charge in [-0.25, -0.2) is 0 Å². The Morgan fingerprint density at radius 3 is 3.23 bits per heavy atom. The molecular formula is C11H14N2. The lowest BCUT2D eigenvalue weighted by atomic mass is 9.81. The monoisotopic (exact) mass is 174 g/mol. The second-order valence-electron chi connectivity index (χ2n) is 4.10. The van der Waals surface area contributed by atoms with Crippen LogP contribution in [0.3, 0.4) is 0 Å². The van der Waals surface area contributed by atoms with E-state index in [1.807, 2.05) is 6.20 Å². The number of nitrogens with zero attached hydrogens (tertiary/aromatic N) is 1. The minimum absolute atomic E-state index is 0.489. The van der Waals surface area contributed by atoms with E-state index in [0.29, 0.717) is 18.0 Å². The van der Waals surface area contributed by atoms with Crippen LogP contribution in [0.15, 0.2) is 29.4 Å². The van der Waals surface area contributed by atoms with Gasteiger partial charge in [0.05, 0.1) is 0 Å². The molecule has 13 heavy (non-hydrogen) atoms. The Morgan fingerprint density at radius 1 is 1.23 bits per heavy atom. The van der Waals surface area contributed by atoms with Crippen LogP contribution in [0.4, 0.5) is 0 Å². The van der Waals surface area contributed by atoms with Gasteiger partial charge in [-0.05, 0) is 18.8 Å². The van der Waals surface area contributed by atoms with E-state index in [1.165, 1.54) is 12.8 Å². The van der Waals surface area contributed by atoms with Crippen molar-refractivity contribution in [2.75, 3.05) is 0 Å². The smallest absolute Gasteiger partial charge is 0.0496 e. The first-order chi connectivity index (χ1) is 6.45. The van der Waals surface area contributed by atoms with Crippen LogP contribution in [0.5, 0.6) is 0 Å². The van der Waals surface area contributed by atoms with Gasteiger partial charge in [0.2, 0.25) is 0 Å². The van der Waals surface area contributed by atoms with Crippen LogP contribution >= 0.6 is 0 Å². The molecule has 2 nitrogen and oxygen atoms in total. The van der Waals surface area contributed by atoms with Crippen LogP contribution in [0, 0.1) is 11.8 Å². The van der Waals surface area contributed by atoms with Crippen LogP contribution in [0.1, 0.15) is 12.8 Å². The van der Waals surface area contributed by atoms with Crippen LogP contribution < -0.4 is 5.32 Å². The molecule has 0 spiro atoms. The molecule has 4 atom stereocenters. The lowest BCUT2D eigenvalue weighted by Gasteiger charge is -2.23. The molecule has 0 aromatic carbocycles. The highest BCUT2D eigenvalue weighted by Gasteiger charge is 2.40. The minimum Gasteiger partial charge on any atom is -0.302 e. The third-order valence-electron chi connectivity index (χ3n) is 3.41. The largest absolute Gasteiger partial charge is 0.302 e. The molecule has 1 saturated heterocycles. The van der Waals surface area contributed by atoms with Gasteiger partial charge in [-0.15, -0.1) is 0 Å². The summed E-state index contributed by atoms with van der Waals surface area (Å²) in [6.07, 6.45) is 13.5. The van der Waals surface area contributed by atoms with Crippen molar-refractivity contribution >= 4 is 6.21 Å². The molecule has 0 aromatic heterocycles. The average molecular weight is 174 g/mol. The standard InChI is InChI=1S/C11H14N2/c1-2-4-10-8(3-1)9-5-6-12-7-11(9)13-10/h2,4-11,13H,1,3H2. The number of hydrogen-bond donors (Lipinski definition) is 1. The fraction of sp³-hybridized carbons (Fsp3) is 0.545. The third kappa shape index (κ3) is 1.09. The van der Waals surface area contributed by atoms with Gasteiger partial charge in [0.25, 0.3) is 0 Å². The Balaban J connectivity index is 1.91. The summed E-state index contributed by atoms with van der Waals surface area (Å²) >= 11 is 0. The highest BCUT2D eigenvalue weighted by molar-refractivity contribution is 5.68. The van der Waals surface area contributed by atoms with Crippen LogP contribution in [0.25, 0.3) is 0 Å². The van der Waals surface area contributed by atoms with Gasteiger partial charge in [-0.3, -0.25) is 4.99 Å². The summed E-state index contributed by atoms with van der Waals surface area (Å²) in [4.78, 5) is 4.19. The molecule has 2 aliphatic heterocycles. The van der Waals surface area contributed by atoms with Crippen molar-refractivity contribution in [3.63, 3.8) is 0 Å². The Morgan fingerprint density at radius 2 is 2.23 bits per heavy atom. The number of nitrogens with one attached hydrogen (secondary N) is 1. The van der Waals surface area contributed by atoms with Gasteiger partial charge in [-0.2, -0.15) is 0 Å². The summed E-state index contributed by atoms with van der Waals surface area (Å²) in [5.41, 5.74) is 0. The summed E-state index contributed by atoms with van der Waals surface area (Å²) in [6.45, 7) is 0. The fourth-order valence-electron chi connectivity index (χ4n) is 2.76. The van der Waals surface area contributed by atoms with Gasteiger partial charge in [0.1, 0.15) is 0 Å². The van der Waals surface area contributed by atoms with Gasteiger partial charge in [0, 0.05) is 30.4 Å². The highest BCUT2D eigenvalue weighted by Crippen LogP contribution is 2.36. The van der Waals surface area contributed by atoms with Crippen molar-refractivity contribution in [3.8, 4) is 0 Å². The van der Waals surface area contributed by atoms with E-state index in [9.17, 15) is 0 Å². The molecule has 1 aliphatic carbocycles. The maximum atomic E-state index is 4.19. The first-order valence-electron chi connectivity index (χ1n) is 5.08. The van der Waals surface area contributed by atoms with Gasteiger partial charge >= 0.3 is 0 Å². The number of aliphatic imine (C=N–C) groups is 1. The highest BCUT2D eigenvalue weighted by atomic mass is 15.0. The van der Waals surface area contributed by atoms with E-state index in [0.717, 1.165) is 5.92 Å². The van der Waals surface area contributed by atoms with Gasteiger partial charge in [-0.1, -0.05) is 18.2 Å². The number of allylic oxidation sites excluding steroid dienone is 1. The molecule has 0 aromatic rings. The Labute approximate surface area is 78.4 Å². The fourth-order valence-corrected chi connectivity index (χ4v) is 2.76. The van der Waals surface area contributed by atoms with Gasteiger partial charge < -0.3 is 5.32 Å². The van der Waals surface area contributed by atoms with E-state index in [2.05, 4.69) is 34.8 Å². The molecular weight excluding hydrogens is 160 g/mol. The summed E-state index contributed by atoms with van der Waals surface area (Å²) in [6, 6.07) is 1.08. The zero-order valence-electron chi connectivity index (χ0n) is 7.56. The SMILES string of the molecule is C1=CC2NC3C=NC=CC3C2CC1. The second kappa shape index (κ2) is 2.81. The topological polar surface area (TPSA) is 24.4 Å². The van der Waals surface area contributed by atoms with Crippen LogP contribution in [0.2, 0.25) is 0 Å². The van der Waals surface area contributed by atoms with E-state index < -0.39 is 0 Å². The van der Waals surface area contributed by atoms with E-state index in [-0.39, 0.29) is 0 Å². The molecule has 0 amide bonds. The first-order valence-corrected chi connectivity index (χ1v) is 5.08. The van der Waals surface area contributed by atoms with Crippen LogP contribution in [-0.4, -0.2) is 18.3 Å². The van der Waals surface area contributed by atoms with Crippen molar-refractivity contribution in [2.24, 2.45) is 16.8 Å². The summed E-state index contributed by atoms with van der Waals surface area (Å²) in [5, 5.41) is 3.61. The van der Waals surface area contributed by atoms with E-state index >= 15 is 0 Å². The molecule has 1 N–H and O–H groups in total. The van der Waals surface area contributed by atoms with Gasteiger partial charge in [0.15, 0.2) is 0 Å². The quantitative estimate of drug-likeness (QED) is 0.553. The molecule has 0 bridgehead atoms. The molecule has 68 valence electrons. The van der Waals surface area contributed by atoms with Crippen molar-refractivity contribution < 1.29 is 0 Å². The maximum Gasteiger partial charge on any atom is 0.0496 e. The number of hydrogen-bond acceptors (Lipinski definition) is 2. The maximum absolute atomic E-state index is 4.19. The molecule has 0 radical (unpaired) electrons.